The molecule has 0 aliphatic heterocycles. The van der Waals surface area contributed by atoms with Crippen molar-refractivity contribution >= 4 is 34.0 Å². The largest absolute Gasteiger partial charge is 0.493 e. The highest BCUT2D eigenvalue weighted by molar-refractivity contribution is 7.14. The summed E-state index contributed by atoms with van der Waals surface area (Å²) in [5, 5.41) is 5.16. The van der Waals surface area contributed by atoms with Crippen molar-refractivity contribution < 1.29 is 23.8 Å². The van der Waals surface area contributed by atoms with Gasteiger partial charge >= 0.3 is 0 Å². The van der Waals surface area contributed by atoms with Crippen molar-refractivity contribution in [3.05, 3.63) is 58.1 Å². The van der Waals surface area contributed by atoms with Crippen molar-refractivity contribution in [1.82, 2.24) is 4.98 Å². The molecule has 0 bridgehead atoms. The van der Waals surface area contributed by atoms with Crippen LogP contribution in [-0.2, 0) is 11.2 Å². The summed E-state index contributed by atoms with van der Waals surface area (Å²) >= 11 is 1.29. The lowest BCUT2D eigenvalue weighted by Crippen LogP contribution is -2.26. The lowest BCUT2D eigenvalue weighted by molar-refractivity contribution is -0.115. The van der Waals surface area contributed by atoms with Gasteiger partial charge in [-0.05, 0) is 37.6 Å². The van der Waals surface area contributed by atoms with Crippen LogP contribution < -0.4 is 24.4 Å². The van der Waals surface area contributed by atoms with E-state index in [1.807, 2.05) is 32.0 Å². The molecule has 1 heterocycles. The molecule has 174 valence electrons. The van der Waals surface area contributed by atoms with Crippen molar-refractivity contribution in [2.75, 3.05) is 38.6 Å². The minimum absolute atomic E-state index is 0.107. The first-order valence-corrected chi connectivity index (χ1v) is 11.0. The minimum atomic E-state index is -0.296. The van der Waals surface area contributed by atoms with Gasteiger partial charge in [-0.3, -0.25) is 14.5 Å². The monoisotopic (exact) mass is 469 g/mol. The number of carbonyl (C=O) groups is 2. The summed E-state index contributed by atoms with van der Waals surface area (Å²) in [7, 11) is 6.11. The van der Waals surface area contributed by atoms with Crippen LogP contribution in [0.25, 0.3) is 0 Å². The molecule has 0 saturated heterocycles. The average Bonchev–Trinajstić information content (AvgIpc) is 3.27. The van der Waals surface area contributed by atoms with E-state index < -0.39 is 0 Å². The first kappa shape index (κ1) is 24.1. The van der Waals surface area contributed by atoms with Crippen LogP contribution in [0.15, 0.2) is 35.7 Å². The lowest BCUT2D eigenvalue weighted by atomic mass is 10.1. The molecule has 0 aliphatic carbocycles. The van der Waals surface area contributed by atoms with Crippen LogP contribution in [-0.4, -0.2) is 45.2 Å². The zero-order valence-corrected chi connectivity index (χ0v) is 20.3. The van der Waals surface area contributed by atoms with Gasteiger partial charge in [0.05, 0.1) is 33.4 Å². The normalized spacial score (nSPS) is 10.5. The molecule has 2 amide bonds. The van der Waals surface area contributed by atoms with E-state index in [-0.39, 0.29) is 18.2 Å². The molecule has 0 radical (unpaired) electrons. The summed E-state index contributed by atoms with van der Waals surface area (Å²) in [5.74, 6) is 0.714. The summed E-state index contributed by atoms with van der Waals surface area (Å²) in [6.45, 7) is 3.96. The Morgan fingerprint density at radius 3 is 2.27 bits per heavy atom. The SMILES string of the molecule is COc1cc(C(=O)N(C)c2nc(CC(=O)Nc3ccc(C)cc3C)cs2)cc(OC)c1OC. The number of aryl methyl sites for hydroxylation is 2. The lowest BCUT2D eigenvalue weighted by Gasteiger charge is -2.17. The second-order valence-corrected chi connectivity index (χ2v) is 8.28. The standard InChI is InChI=1S/C24H27N3O5S/c1-14-7-8-18(15(2)9-14)26-21(28)12-17-13-33-24(25-17)27(3)23(29)16-10-19(30-4)22(32-6)20(11-16)31-5/h7-11,13H,12H2,1-6H3,(H,26,28). The topological polar surface area (TPSA) is 90.0 Å². The molecule has 0 saturated carbocycles. The molecule has 0 spiro atoms. The van der Waals surface area contributed by atoms with E-state index in [0.717, 1.165) is 16.8 Å². The highest BCUT2D eigenvalue weighted by Crippen LogP contribution is 2.38. The molecule has 8 nitrogen and oxygen atoms in total. The summed E-state index contributed by atoms with van der Waals surface area (Å²) in [4.78, 5) is 31.5. The van der Waals surface area contributed by atoms with Gasteiger partial charge in [0.1, 0.15) is 0 Å². The van der Waals surface area contributed by atoms with Crippen LogP contribution in [0, 0.1) is 13.8 Å². The highest BCUT2D eigenvalue weighted by Gasteiger charge is 2.22. The van der Waals surface area contributed by atoms with Crippen molar-refractivity contribution in [3.8, 4) is 17.2 Å². The Balaban J connectivity index is 1.73. The predicted octanol–water partition coefficient (Wildman–Crippen LogP) is 4.24. The number of thiazole rings is 1. The number of nitrogens with one attached hydrogen (secondary N) is 1. The van der Waals surface area contributed by atoms with Gasteiger partial charge in [0, 0.05) is 23.7 Å². The highest BCUT2D eigenvalue weighted by atomic mass is 32.1. The molecule has 3 rings (SSSR count). The van der Waals surface area contributed by atoms with Gasteiger partial charge in [-0.1, -0.05) is 17.7 Å². The Bertz CT molecular complexity index is 1150. The average molecular weight is 470 g/mol. The fourth-order valence-corrected chi connectivity index (χ4v) is 4.12. The Labute approximate surface area is 197 Å². The molecule has 3 aromatic rings. The second kappa shape index (κ2) is 10.4. The molecule has 2 aromatic carbocycles. The zero-order valence-electron chi connectivity index (χ0n) is 19.5. The third-order valence-electron chi connectivity index (χ3n) is 5.04. The van der Waals surface area contributed by atoms with Crippen LogP contribution in [0.1, 0.15) is 27.2 Å². The Hall–Kier alpha value is -3.59. The van der Waals surface area contributed by atoms with E-state index in [0.29, 0.717) is 33.6 Å². The Morgan fingerprint density at radius 2 is 1.70 bits per heavy atom. The summed E-state index contributed by atoms with van der Waals surface area (Å²) < 4.78 is 16.0. The summed E-state index contributed by atoms with van der Waals surface area (Å²) in [6.07, 6.45) is 0.107. The van der Waals surface area contributed by atoms with Gasteiger partial charge in [-0.15, -0.1) is 11.3 Å². The first-order chi connectivity index (χ1) is 15.8. The van der Waals surface area contributed by atoms with Crippen molar-refractivity contribution in [1.29, 1.82) is 0 Å². The van der Waals surface area contributed by atoms with Crippen LogP contribution in [0.5, 0.6) is 17.2 Å². The molecular formula is C24H27N3O5S. The quantitative estimate of drug-likeness (QED) is 0.531. The minimum Gasteiger partial charge on any atom is -0.493 e. The Morgan fingerprint density at radius 1 is 1.03 bits per heavy atom. The van der Waals surface area contributed by atoms with E-state index in [1.54, 1.807) is 24.6 Å². The molecule has 0 fully saturated rings. The number of ether oxygens (including phenoxy) is 3. The molecule has 0 atom stereocenters. The number of nitrogens with zero attached hydrogens (tertiary/aromatic N) is 2. The number of hydrogen-bond acceptors (Lipinski definition) is 7. The van der Waals surface area contributed by atoms with Crippen LogP contribution in [0.2, 0.25) is 0 Å². The van der Waals surface area contributed by atoms with Gasteiger partial charge in [0.25, 0.3) is 5.91 Å². The fourth-order valence-electron chi connectivity index (χ4n) is 3.33. The molecule has 1 aromatic heterocycles. The molecule has 33 heavy (non-hydrogen) atoms. The van der Waals surface area contributed by atoms with Crippen LogP contribution >= 0.6 is 11.3 Å². The number of aromatic nitrogens is 1. The van der Waals surface area contributed by atoms with Crippen molar-refractivity contribution in [2.45, 2.75) is 20.3 Å². The third-order valence-corrected chi connectivity index (χ3v) is 6.01. The van der Waals surface area contributed by atoms with E-state index in [1.165, 1.54) is 37.6 Å². The fraction of sp³-hybridized carbons (Fsp3) is 0.292. The number of anilines is 2. The maximum absolute atomic E-state index is 13.1. The van der Waals surface area contributed by atoms with E-state index >= 15 is 0 Å². The number of benzene rings is 2. The number of amides is 2. The van der Waals surface area contributed by atoms with Gasteiger partial charge in [-0.2, -0.15) is 0 Å². The Kier molecular flexibility index (Phi) is 7.55. The second-order valence-electron chi connectivity index (χ2n) is 7.44. The first-order valence-electron chi connectivity index (χ1n) is 10.2. The van der Waals surface area contributed by atoms with E-state index in [4.69, 9.17) is 14.2 Å². The predicted molar refractivity (Wildman–Crippen MR) is 129 cm³/mol. The van der Waals surface area contributed by atoms with Gasteiger partial charge in [0.2, 0.25) is 11.7 Å². The van der Waals surface area contributed by atoms with Crippen molar-refractivity contribution in [2.24, 2.45) is 0 Å². The maximum Gasteiger partial charge on any atom is 0.260 e. The van der Waals surface area contributed by atoms with Crippen LogP contribution in [0.3, 0.4) is 0 Å². The summed E-state index contributed by atoms with van der Waals surface area (Å²) in [5.41, 5.74) is 3.85. The van der Waals surface area contributed by atoms with E-state index in [9.17, 15) is 9.59 Å². The third kappa shape index (κ3) is 5.43. The maximum atomic E-state index is 13.1. The number of rotatable bonds is 8. The number of methoxy groups -OCH3 is 3. The molecule has 1 N–H and O–H groups in total. The van der Waals surface area contributed by atoms with Crippen LogP contribution in [0.4, 0.5) is 10.8 Å². The number of carbonyl (C=O) groups excluding carboxylic acids is 2. The molecule has 0 aliphatic rings. The van der Waals surface area contributed by atoms with E-state index in [2.05, 4.69) is 10.3 Å². The molecular weight excluding hydrogens is 442 g/mol. The smallest absolute Gasteiger partial charge is 0.260 e. The number of hydrogen-bond donors (Lipinski definition) is 1. The zero-order chi connectivity index (χ0) is 24.1. The van der Waals surface area contributed by atoms with Gasteiger partial charge in [-0.25, -0.2) is 4.98 Å². The van der Waals surface area contributed by atoms with Gasteiger partial charge in [0.15, 0.2) is 16.6 Å². The van der Waals surface area contributed by atoms with Gasteiger partial charge < -0.3 is 19.5 Å². The van der Waals surface area contributed by atoms with Crippen molar-refractivity contribution in [3.63, 3.8) is 0 Å². The molecule has 0 unspecified atom stereocenters. The summed E-state index contributed by atoms with van der Waals surface area (Å²) in [6, 6.07) is 9.03. The molecule has 9 heteroatoms.